The van der Waals surface area contributed by atoms with E-state index in [1.165, 1.54) is 11.1 Å². The van der Waals surface area contributed by atoms with E-state index < -0.39 is 0 Å². The second kappa shape index (κ2) is 5.05. The van der Waals surface area contributed by atoms with Gasteiger partial charge in [0.15, 0.2) is 0 Å². The van der Waals surface area contributed by atoms with Gasteiger partial charge in [-0.1, -0.05) is 0 Å². The average Bonchev–Trinajstić information content (AvgIpc) is 2.64. The SMILES string of the molecule is CC1CN(c2ccc(N)c3cnccc23)CCCO1. The number of aromatic nitrogens is 1. The van der Waals surface area contributed by atoms with Crippen molar-refractivity contribution in [1.82, 2.24) is 4.98 Å². The van der Waals surface area contributed by atoms with Crippen LogP contribution in [0.15, 0.2) is 30.6 Å². The van der Waals surface area contributed by atoms with E-state index in [9.17, 15) is 0 Å². The highest BCUT2D eigenvalue weighted by Crippen LogP contribution is 2.31. The van der Waals surface area contributed by atoms with Crippen LogP contribution in [0.1, 0.15) is 13.3 Å². The lowest BCUT2D eigenvalue weighted by Crippen LogP contribution is -2.30. The van der Waals surface area contributed by atoms with Crippen molar-refractivity contribution in [3.05, 3.63) is 30.6 Å². The van der Waals surface area contributed by atoms with Crippen molar-refractivity contribution in [3.63, 3.8) is 0 Å². The number of pyridine rings is 1. The van der Waals surface area contributed by atoms with Crippen LogP contribution in [0.25, 0.3) is 10.8 Å². The zero-order valence-corrected chi connectivity index (χ0v) is 11.2. The molecule has 0 amide bonds. The van der Waals surface area contributed by atoms with Crippen molar-refractivity contribution < 1.29 is 4.74 Å². The van der Waals surface area contributed by atoms with Crippen LogP contribution in [0.2, 0.25) is 0 Å². The first kappa shape index (κ1) is 12.2. The van der Waals surface area contributed by atoms with Crippen LogP contribution in [0.3, 0.4) is 0 Å². The molecule has 1 atom stereocenters. The topological polar surface area (TPSA) is 51.4 Å². The monoisotopic (exact) mass is 257 g/mol. The van der Waals surface area contributed by atoms with E-state index in [0.717, 1.165) is 37.2 Å². The number of hydrogen-bond acceptors (Lipinski definition) is 4. The summed E-state index contributed by atoms with van der Waals surface area (Å²) in [5.74, 6) is 0. The van der Waals surface area contributed by atoms with Crippen LogP contribution < -0.4 is 10.6 Å². The van der Waals surface area contributed by atoms with Gasteiger partial charge in [0, 0.05) is 54.2 Å². The molecule has 100 valence electrons. The smallest absolute Gasteiger partial charge is 0.0721 e. The highest BCUT2D eigenvalue weighted by Gasteiger charge is 2.17. The summed E-state index contributed by atoms with van der Waals surface area (Å²) in [7, 11) is 0. The molecule has 4 heteroatoms. The summed E-state index contributed by atoms with van der Waals surface area (Å²) in [5, 5.41) is 2.20. The van der Waals surface area contributed by atoms with Gasteiger partial charge >= 0.3 is 0 Å². The molecule has 2 N–H and O–H groups in total. The van der Waals surface area contributed by atoms with E-state index >= 15 is 0 Å². The first-order valence-electron chi connectivity index (χ1n) is 6.74. The van der Waals surface area contributed by atoms with Gasteiger partial charge in [-0.3, -0.25) is 4.98 Å². The molecule has 0 spiro atoms. The summed E-state index contributed by atoms with van der Waals surface area (Å²) in [6, 6.07) is 6.11. The van der Waals surface area contributed by atoms with Gasteiger partial charge in [0.05, 0.1) is 6.10 Å². The van der Waals surface area contributed by atoms with Crippen LogP contribution in [-0.2, 0) is 4.74 Å². The lowest BCUT2D eigenvalue weighted by atomic mass is 10.1. The zero-order chi connectivity index (χ0) is 13.2. The summed E-state index contributed by atoms with van der Waals surface area (Å²) in [6.45, 7) is 4.90. The third kappa shape index (κ3) is 2.36. The molecule has 2 heterocycles. The molecule has 0 bridgehead atoms. The predicted octanol–water partition coefficient (Wildman–Crippen LogP) is 2.43. The fourth-order valence-corrected chi connectivity index (χ4v) is 2.68. The van der Waals surface area contributed by atoms with Crippen LogP contribution in [0.4, 0.5) is 11.4 Å². The number of nitrogen functional groups attached to an aromatic ring is 1. The van der Waals surface area contributed by atoms with E-state index in [1.807, 2.05) is 24.5 Å². The van der Waals surface area contributed by atoms with Gasteiger partial charge in [-0.25, -0.2) is 0 Å². The standard InChI is InChI=1S/C15H19N3O/c1-11-10-18(7-2-8-19-11)15-4-3-14(16)13-9-17-6-5-12(13)15/h3-6,9,11H,2,7-8,10,16H2,1H3. The molecule has 1 aliphatic rings. The Morgan fingerprint density at radius 2 is 2.21 bits per heavy atom. The molecule has 0 radical (unpaired) electrons. The van der Waals surface area contributed by atoms with Gasteiger partial charge in [0.2, 0.25) is 0 Å². The minimum atomic E-state index is 0.261. The van der Waals surface area contributed by atoms with E-state index in [-0.39, 0.29) is 6.10 Å². The number of nitrogens with two attached hydrogens (primary N) is 1. The van der Waals surface area contributed by atoms with Gasteiger partial charge < -0.3 is 15.4 Å². The third-order valence-corrected chi connectivity index (χ3v) is 3.62. The summed E-state index contributed by atoms with van der Waals surface area (Å²) in [4.78, 5) is 6.56. The molecule has 19 heavy (non-hydrogen) atoms. The Morgan fingerprint density at radius 1 is 1.32 bits per heavy atom. The van der Waals surface area contributed by atoms with E-state index in [2.05, 4.69) is 22.9 Å². The number of rotatable bonds is 1. The summed E-state index contributed by atoms with van der Waals surface area (Å²) in [5.41, 5.74) is 8.04. The molecule has 3 rings (SSSR count). The molecule has 1 aromatic heterocycles. The number of fused-ring (bicyclic) bond motifs is 1. The van der Waals surface area contributed by atoms with Crippen LogP contribution in [0.5, 0.6) is 0 Å². The minimum Gasteiger partial charge on any atom is -0.398 e. The maximum Gasteiger partial charge on any atom is 0.0721 e. The first-order chi connectivity index (χ1) is 9.25. The van der Waals surface area contributed by atoms with E-state index in [0.29, 0.717) is 0 Å². The van der Waals surface area contributed by atoms with Crippen LogP contribution in [-0.4, -0.2) is 30.8 Å². The summed E-state index contributed by atoms with van der Waals surface area (Å²) in [6.07, 6.45) is 4.98. The number of ether oxygens (including phenoxy) is 1. The number of benzene rings is 1. The predicted molar refractivity (Wildman–Crippen MR) is 78.4 cm³/mol. The number of hydrogen-bond donors (Lipinski definition) is 1. The van der Waals surface area contributed by atoms with Crippen molar-refractivity contribution in [2.45, 2.75) is 19.4 Å². The molecular weight excluding hydrogens is 238 g/mol. The van der Waals surface area contributed by atoms with Gasteiger partial charge in [-0.2, -0.15) is 0 Å². The molecule has 1 aromatic carbocycles. The van der Waals surface area contributed by atoms with Crippen LogP contribution >= 0.6 is 0 Å². The Bertz CT molecular complexity index is 585. The Balaban J connectivity index is 2.06. The number of nitrogens with zero attached hydrogens (tertiary/aromatic N) is 2. The molecule has 2 aromatic rings. The molecule has 0 aliphatic carbocycles. The maximum absolute atomic E-state index is 6.03. The molecule has 1 fully saturated rings. The fraction of sp³-hybridized carbons (Fsp3) is 0.400. The molecule has 4 nitrogen and oxygen atoms in total. The normalized spacial score (nSPS) is 20.5. The Morgan fingerprint density at radius 3 is 3.11 bits per heavy atom. The van der Waals surface area contributed by atoms with Gasteiger partial charge in [0.25, 0.3) is 0 Å². The zero-order valence-electron chi connectivity index (χ0n) is 11.2. The van der Waals surface area contributed by atoms with Gasteiger partial charge in [-0.15, -0.1) is 0 Å². The van der Waals surface area contributed by atoms with Crippen molar-refractivity contribution >= 4 is 22.1 Å². The van der Waals surface area contributed by atoms with Crippen molar-refractivity contribution in [2.24, 2.45) is 0 Å². The van der Waals surface area contributed by atoms with Crippen LogP contribution in [0, 0.1) is 0 Å². The van der Waals surface area contributed by atoms with E-state index in [1.54, 1.807) is 0 Å². The Labute approximate surface area is 113 Å². The summed E-state index contributed by atoms with van der Waals surface area (Å²) < 4.78 is 5.71. The second-order valence-corrected chi connectivity index (χ2v) is 5.08. The molecule has 1 unspecified atom stereocenters. The van der Waals surface area contributed by atoms with Crippen molar-refractivity contribution in [3.8, 4) is 0 Å². The second-order valence-electron chi connectivity index (χ2n) is 5.08. The summed E-state index contributed by atoms with van der Waals surface area (Å²) >= 11 is 0. The van der Waals surface area contributed by atoms with Crippen molar-refractivity contribution in [1.29, 1.82) is 0 Å². The number of anilines is 2. The molecule has 0 saturated carbocycles. The first-order valence-corrected chi connectivity index (χ1v) is 6.74. The highest BCUT2D eigenvalue weighted by atomic mass is 16.5. The molecule has 1 aliphatic heterocycles. The van der Waals surface area contributed by atoms with Gasteiger partial charge in [0.1, 0.15) is 0 Å². The van der Waals surface area contributed by atoms with E-state index in [4.69, 9.17) is 10.5 Å². The lowest BCUT2D eigenvalue weighted by molar-refractivity contribution is 0.0821. The fourth-order valence-electron chi connectivity index (χ4n) is 2.68. The lowest BCUT2D eigenvalue weighted by Gasteiger charge is -2.26. The van der Waals surface area contributed by atoms with Gasteiger partial charge in [-0.05, 0) is 31.5 Å². The minimum absolute atomic E-state index is 0.261. The molecular formula is C15H19N3O. The quantitative estimate of drug-likeness (QED) is 0.797. The average molecular weight is 257 g/mol. The Kier molecular flexibility index (Phi) is 3.25. The molecule has 1 saturated heterocycles. The largest absolute Gasteiger partial charge is 0.398 e. The maximum atomic E-state index is 6.03. The highest BCUT2D eigenvalue weighted by molar-refractivity contribution is 6.00. The third-order valence-electron chi connectivity index (χ3n) is 3.62. The van der Waals surface area contributed by atoms with Crippen molar-refractivity contribution in [2.75, 3.05) is 30.3 Å². The Hall–Kier alpha value is -1.81.